The molecule has 7 heteroatoms. The maximum atomic E-state index is 12.6. The minimum atomic E-state index is -0.0589. The van der Waals surface area contributed by atoms with Crippen molar-refractivity contribution in [1.82, 2.24) is 20.1 Å². The van der Waals surface area contributed by atoms with Gasteiger partial charge in [-0.15, -0.1) is 10.2 Å². The average Bonchev–Trinajstić information content (AvgIpc) is 3.26. The number of nitrogens with one attached hydrogen (secondary N) is 1. The largest absolute Gasteiger partial charge is 0.497 e. The fraction of sp³-hybridized carbons (Fsp3) is 0.192. The first-order chi connectivity index (χ1) is 16.1. The molecule has 168 valence electrons. The third-order valence-electron chi connectivity index (χ3n) is 5.26. The maximum absolute atomic E-state index is 12.6. The van der Waals surface area contributed by atoms with Crippen LogP contribution in [0.25, 0.3) is 11.4 Å². The Kier molecular flexibility index (Phi) is 7.42. The second-order valence-electron chi connectivity index (χ2n) is 7.59. The van der Waals surface area contributed by atoms with Gasteiger partial charge in [-0.25, -0.2) is 0 Å². The normalized spacial score (nSPS) is 11.7. The first kappa shape index (κ1) is 22.6. The van der Waals surface area contributed by atoms with Gasteiger partial charge in [-0.3, -0.25) is 9.36 Å². The first-order valence-electron chi connectivity index (χ1n) is 10.7. The monoisotopic (exact) mass is 458 g/mol. The molecule has 1 aromatic heterocycles. The van der Waals surface area contributed by atoms with Crippen molar-refractivity contribution >= 4 is 17.7 Å². The number of methoxy groups -OCH3 is 1. The van der Waals surface area contributed by atoms with Crippen LogP contribution in [-0.2, 0) is 11.3 Å². The molecule has 0 fully saturated rings. The van der Waals surface area contributed by atoms with Crippen LogP contribution in [0.15, 0.2) is 90.1 Å². The Labute approximate surface area is 198 Å². The van der Waals surface area contributed by atoms with Crippen molar-refractivity contribution < 1.29 is 9.53 Å². The zero-order valence-electron chi connectivity index (χ0n) is 18.6. The lowest BCUT2D eigenvalue weighted by atomic mass is 10.1. The van der Waals surface area contributed by atoms with E-state index in [1.54, 1.807) is 7.11 Å². The number of ether oxygens (including phenoxy) is 1. The van der Waals surface area contributed by atoms with E-state index in [-0.39, 0.29) is 17.7 Å². The van der Waals surface area contributed by atoms with Gasteiger partial charge < -0.3 is 10.1 Å². The number of hydrogen-bond acceptors (Lipinski definition) is 5. The Morgan fingerprint density at radius 1 is 0.970 bits per heavy atom. The number of rotatable bonds is 9. The lowest BCUT2D eigenvalue weighted by molar-refractivity contribution is -0.119. The Morgan fingerprint density at radius 3 is 2.30 bits per heavy atom. The molecule has 33 heavy (non-hydrogen) atoms. The van der Waals surface area contributed by atoms with Crippen LogP contribution in [0.5, 0.6) is 5.75 Å². The van der Waals surface area contributed by atoms with Gasteiger partial charge in [0.25, 0.3) is 0 Å². The van der Waals surface area contributed by atoms with Crippen molar-refractivity contribution in [3.05, 3.63) is 96.1 Å². The number of amides is 1. The smallest absolute Gasteiger partial charge is 0.230 e. The molecule has 1 atom stereocenters. The third kappa shape index (κ3) is 5.81. The van der Waals surface area contributed by atoms with Crippen molar-refractivity contribution in [1.29, 1.82) is 0 Å². The topological polar surface area (TPSA) is 69.0 Å². The molecule has 3 aromatic carbocycles. The minimum Gasteiger partial charge on any atom is -0.497 e. The molecule has 0 spiro atoms. The summed E-state index contributed by atoms with van der Waals surface area (Å²) in [5.74, 6) is 1.75. The molecule has 0 saturated carbocycles. The second-order valence-corrected chi connectivity index (χ2v) is 8.54. The number of carbonyl (C=O) groups is 1. The molecule has 1 amide bonds. The molecule has 0 aliphatic heterocycles. The van der Waals surface area contributed by atoms with Gasteiger partial charge in [0.15, 0.2) is 11.0 Å². The van der Waals surface area contributed by atoms with Gasteiger partial charge >= 0.3 is 0 Å². The van der Waals surface area contributed by atoms with Gasteiger partial charge in [-0.2, -0.15) is 0 Å². The Balaban J connectivity index is 1.51. The highest BCUT2D eigenvalue weighted by atomic mass is 32.2. The molecule has 4 rings (SSSR count). The summed E-state index contributed by atoms with van der Waals surface area (Å²) in [4.78, 5) is 12.6. The lowest BCUT2D eigenvalue weighted by Crippen LogP contribution is -2.28. The molecule has 1 N–H and O–H groups in total. The van der Waals surface area contributed by atoms with Gasteiger partial charge in [-0.05, 0) is 42.3 Å². The van der Waals surface area contributed by atoms with Crippen LogP contribution in [0.2, 0.25) is 0 Å². The van der Waals surface area contributed by atoms with E-state index in [1.165, 1.54) is 11.8 Å². The van der Waals surface area contributed by atoms with Gasteiger partial charge in [0.2, 0.25) is 5.91 Å². The first-order valence-corrected chi connectivity index (χ1v) is 11.7. The van der Waals surface area contributed by atoms with Crippen LogP contribution < -0.4 is 10.1 Å². The van der Waals surface area contributed by atoms with Crippen LogP contribution in [0.4, 0.5) is 0 Å². The lowest BCUT2D eigenvalue weighted by Gasteiger charge is -2.14. The molecular formula is C26H26N4O2S. The maximum Gasteiger partial charge on any atom is 0.230 e. The number of carbonyl (C=O) groups excluding carboxylic acids is 1. The van der Waals surface area contributed by atoms with E-state index in [1.807, 2.05) is 79.7 Å². The molecule has 6 nitrogen and oxygen atoms in total. The van der Waals surface area contributed by atoms with E-state index in [0.29, 0.717) is 11.7 Å². The predicted octanol–water partition coefficient (Wildman–Crippen LogP) is 4.97. The fourth-order valence-electron chi connectivity index (χ4n) is 3.50. The highest BCUT2D eigenvalue weighted by molar-refractivity contribution is 7.99. The molecule has 1 heterocycles. The molecule has 0 bridgehead atoms. The summed E-state index contributed by atoms with van der Waals surface area (Å²) in [5, 5.41) is 12.6. The second kappa shape index (κ2) is 10.8. The third-order valence-corrected chi connectivity index (χ3v) is 6.22. The zero-order valence-corrected chi connectivity index (χ0v) is 19.5. The van der Waals surface area contributed by atoms with Gasteiger partial charge in [0, 0.05) is 5.56 Å². The van der Waals surface area contributed by atoms with Crippen LogP contribution in [0.3, 0.4) is 0 Å². The highest BCUT2D eigenvalue weighted by Gasteiger charge is 2.17. The van der Waals surface area contributed by atoms with E-state index < -0.39 is 0 Å². The summed E-state index contributed by atoms with van der Waals surface area (Å²) >= 11 is 1.39. The van der Waals surface area contributed by atoms with Crippen molar-refractivity contribution in [3.8, 4) is 17.1 Å². The molecule has 4 aromatic rings. The summed E-state index contributed by atoms with van der Waals surface area (Å²) in [5.41, 5.74) is 3.15. The molecular weight excluding hydrogens is 432 g/mol. The summed E-state index contributed by atoms with van der Waals surface area (Å²) in [6.07, 6.45) is 0. The van der Waals surface area contributed by atoms with Crippen molar-refractivity contribution in [2.24, 2.45) is 0 Å². The minimum absolute atomic E-state index is 0.0448. The summed E-state index contributed by atoms with van der Waals surface area (Å²) < 4.78 is 7.32. The average molecular weight is 459 g/mol. The molecule has 0 aliphatic rings. The van der Waals surface area contributed by atoms with Gasteiger partial charge in [-0.1, -0.05) is 72.4 Å². The van der Waals surface area contributed by atoms with Crippen LogP contribution in [-0.4, -0.2) is 33.5 Å². The summed E-state index contributed by atoms with van der Waals surface area (Å²) in [6.45, 7) is 2.59. The number of hydrogen-bond donors (Lipinski definition) is 1. The van der Waals surface area contributed by atoms with Crippen LogP contribution in [0.1, 0.15) is 24.1 Å². The van der Waals surface area contributed by atoms with Crippen LogP contribution in [0, 0.1) is 0 Å². The van der Waals surface area contributed by atoms with Crippen molar-refractivity contribution in [3.63, 3.8) is 0 Å². The standard InChI is InChI=1S/C26H26N4O2S/c1-19(21-11-7-4-8-12-21)27-24(31)18-33-26-29-28-25(22-13-15-23(32-2)16-14-22)30(26)17-20-9-5-3-6-10-20/h3-16,19H,17-18H2,1-2H3,(H,27,31)/t19-/m1/s1. The van der Waals surface area contributed by atoms with Crippen molar-refractivity contribution in [2.45, 2.75) is 24.7 Å². The number of thioether (sulfide) groups is 1. The Morgan fingerprint density at radius 2 is 1.64 bits per heavy atom. The van der Waals surface area contributed by atoms with E-state index in [9.17, 15) is 4.79 Å². The van der Waals surface area contributed by atoms with Crippen molar-refractivity contribution in [2.75, 3.05) is 12.9 Å². The van der Waals surface area contributed by atoms with E-state index in [2.05, 4.69) is 32.2 Å². The number of nitrogens with zero attached hydrogens (tertiary/aromatic N) is 3. The Bertz CT molecular complexity index is 1180. The van der Waals surface area contributed by atoms with E-state index in [4.69, 9.17) is 4.74 Å². The van der Waals surface area contributed by atoms with E-state index >= 15 is 0 Å². The van der Waals surface area contributed by atoms with Gasteiger partial charge in [0.1, 0.15) is 5.75 Å². The highest BCUT2D eigenvalue weighted by Crippen LogP contribution is 2.27. The molecule has 0 aliphatic carbocycles. The summed E-state index contributed by atoms with van der Waals surface area (Å²) in [7, 11) is 1.64. The molecule has 0 unspecified atom stereocenters. The van der Waals surface area contributed by atoms with Gasteiger partial charge in [0.05, 0.1) is 25.4 Å². The van der Waals surface area contributed by atoms with E-state index in [0.717, 1.165) is 28.3 Å². The number of benzene rings is 3. The Hall–Kier alpha value is -3.58. The molecule has 0 saturated heterocycles. The predicted molar refractivity (Wildman–Crippen MR) is 131 cm³/mol. The number of aromatic nitrogens is 3. The van der Waals surface area contributed by atoms with Crippen LogP contribution >= 0.6 is 11.8 Å². The molecule has 0 radical (unpaired) electrons. The zero-order chi connectivity index (χ0) is 23.0. The summed E-state index contributed by atoms with van der Waals surface area (Å²) in [6, 6.07) is 27.8. The SMILES string of the molecule is COc1ccc(-c2nnc(SCC(=O)N[C@H](C)c3ccccc3)n2Cc2ccccc2)cc1. The quantitative estimate of drug-likeness (QED) is 0.359. The fourth-order valence-corrected chi connectivity index (χ4v) is 4.24.